The van der Waals surface area contributed by atoms with Crippen LogP contribution >= 0.6 is 0 Å². The molecule has 19 heavy (non-hydrogen) atoms. The van der Waals surface area contributed by atoms with Crippen LogP contribution < -0.4 is 11.1 Å². The molecule has 3 N–H and O–H groups in total. The molecule has 0 spiro atoms. The van der Waals surface area contributed by atoms with Gasteiger partial charge in [0.2, 0.25) is 11.8 Å². The molecule has 2 fully saturated rings. The standard InChI is InChI=1S/C14H25N3O2/c1-11(12(18)17-8-3-2-4-9-17)16-13(19)14(10-15)6-5-7-14/h11H,2-10,15H2,1H3,(H,16,19). The van der Waals surface area contributed by atoms with Crippen LogP contribution in [-0.2, 0) is 9.59 Å². The lowest BCUT2D eigenvalue weighted by molar-refractivity contribution is -0.142. The highest BCUT2D eigenvalue weighted by molar-refractivity contribution is 5.90. The van der Waals surface area contributed by atoms with Crippen molar-refractivity contribution in [3.8, 4) is 0 Å². The summed E-state index contributed by atoms with van der Waals surface area (Å²) >= 11 is 0. The van der Waals surface area contributed by atoms with Gasteiger partial charge in [-0.1, -0.05) is 6.42 Å². The molecule has 2 amide bonds. The summed E-state index contributed by atoms with van der Waals surface area (Å²) in [5.74, 6) is -0.00125. The largest absolute Gasteiger partial charge is 0.344 e. The van der Waals surface area contributed by atoms with Gasteiger partial charge in [-0.15, -0.1) is 0 Å². The topological polar surface area (TPSA) is 75.4 Å². The average molecular weight is 267 g/mol. The quantitative estimate of drug-likeness (QED) is 0.784. The van der Waals surface area contributed by atoms with Crippen molar-refractivity contribution in [3.05, 3.63) is 0 Å². The second-order valence-corrected chi connectivity index (χ2v) is 5.92. The van der Waals surface area contributed by atoms with Gasteiger partial charge in [0.1, 0.15) is 6.04 Å². The number of nitrogens with one attached hydrogen (secondary N) is 1. The van der Waals surface area contributed by atoms with Crippen molar-refractivity contribution in [1.29, 1.82) is 0 Å². The van der Waals surface area contributed by atoms with Crippen LogP contribution in [0.3, 0.4) is 0 Å². The first-order valence-corrected chi connectivity index (χ1v) is 7.39. The van der Waals surface area contributed by atoms with Crippen LogP contribution in [0, 0.1) is 5.41 Å². The van der Waals surface area contributed by atoms with Crippen LogP contribution in [0.2, 0.25) is 0 Å². The van der Waals surface area contributed by atoms with E-state index in [9.17, 15) is 9.59 Å². The van der Waals surface area contributed by atoms with Gasteiger partial charge in [0.25, 0.3) is 0 Å². The number of nitrogens with zero attached hydrogens (tertiary/aromatic N) is 1. The van der Waals surface area contributed by atoms with Crippen LogP contribution in [0.5, 0.6) is 0 Å². The van der Waals surface area contributed by atoms with Crippen LogP contribution in [-0.4, -0.2) is 42.4 Å². The smallest absolute Gasteiger partial charge is 0.244 e. The van der Waals surface area contributed by atoms with Crippen molar-refractivity contribution in [2.45, 2.75) is 51.5 Å². The second-order valence-electron chi connectivity index (χ2n) is 5.92. The Balaban J connectivity index is 1.87. The number of nitrogens with two attached hydrogens (primary N) is 1. The van der Waals surface area contributed by atoms with Gasteiger partial charge in [0.15, 0.2) is 0 Å². The number of piperidine rings is 1. The molecule has 1 saturated carbocycles. The molecule has 5 nitrogen and oxygen atoms in total. The molecule has 108 valence electrons. The van der Waals surface area contributed by atoms with E-state index in [1.807, 2.05) is 4.90 Å². The van der Waals surface area contributed by atoms with Gasteiger partial charge in [0, 0.05) is 19.6 Å². The number of carbonyl (C=O) groups is 2. The number of carbonyl (C=O) groups excluding carboxylic acids is 2. The Hall–Kier alpha value is -1.10. The fourth-order valence-corrected chi connectivity index (χ4v) is 2.93. The van der Waals surface area contributed by atoms with E-state index in [1.54, 1.807) is 6.92 Å². The normalized spacial score (nSPS) is 23.4. The highest BCUT2D eigenvalue weighted by atomic mass is 16.2. The third-order valence-corrected chi connectivity index (χ3v) is 4.57. The molecule has 0 aromatic heterocycles. The molecule has 2 rings (SSSR count). The Morgan fingerprint density at radius 2 is 1.84 bits per heavy atom. The van der Waals surface area contributed by atoms with Crippen molar-refractivity contribution in [2.24, 2.45) is 11.1 Å². The minimum Gasteiger partial charge on any atom is -0.344 e. The zero-order chi connectivity index (χ0) is 13.9. The number of rotatable bonds is 4. The van der Waals surface area contributed by atoms with Crippen LogP contribution in [0.15, 0.2) is 0 Å². The summed E-state index contributed by atoms with van der Waals surface area (Å²) in [5, 5.41) is 2.86. The van der Waals surface area contributed by atoms with Crippen LogP contribution in [0.25, 0.3) is 0 Å². The minimum absolute atomic E-state index is 0.0412. The summed E-state index contributed by atoms with van der Waals surface area (Å²) in [6, 6.07) is -0.436. The van der Waals surface area contributed by atoms with Gasteiger partial charge in [-0.05, 0) is 39.0 Å². The molecular weight excluding hydrogens is 242 g/mol. The van der Waals surface area contributed by atoms with E-state index in [0.717, 1.165) is 45.2 Å². The zero-order valence-corrected chi connectivity index (χ0v) is 11.8. The zero-order valence-electron chi connectivity index (χ0n) is 11.8. The Morgan fingerprint density at radius 1 is 1.21 bits per heavy atom. The fraction of sp³-hybridized carbons (Fsp3) is 0.857. The SMILES string of the molecule is CC(NC(=O)C1(CN)CCC1)C(=O)N1CCCCC1. The average Bonchev–Trinajstić information content (AvgIpc) is 2.38. The molecule has 0 radical (unpaired) electrons. The summed E-state index contributed by atoms with van der Waals surface area (Å²) < 4.78 is 0. The Kier molecular flexibility index (Phi) is 4.45. The van der Waals surface area contributed by atoms with Crippen molar-refractivity contribution in [2.75, 3.05) is 19.6 Å². The first-order valence-electron chi connectivity index (χ1n) is 7.39. The summed E-state index contributed by atoms with van der Waals surface area (Å²) in [6.07, 6.45) is 6.08. The number of amides is 2. The maximum atomic E-state index is 12.2. The van der Waals surface area contributed by atoms with Crippen molar-refractivity contribution in [3.63, 3.8) is 0 Å². The van der Waals surface area contributed by atoms with E-state index >= 15 is 0 Å². The fourth-order valence-electron chi connectivity index (χ4n) is 2.93. The number of likely N-dealkylation sites (tertiary alicyclic amines) is 1. The van der Waals surface area contributed by atoms with E-state index in [4.69, 9.17) is 5.73 Å². The van der Waals surface area contributed by atoms with Gasteiger partial charge in [0.05, 0.1) is 5.41 Å². The van der Waals surface area contributed by atoms with E-state index in [-0.39, 0.29) is 11.8 Å². The molecular formula is C14H25N3O2. The van der Waals surface area contributed by atoms with Gasteiger partial charge in [-0.3, -0.25) is 9.59 Å². The predicted octanol–water partition coefficient (Wildman–Crippen LogP) is 0.633. The first-order chi connectivity index (χ1) is 9.09. The second kappa shape index (κ2) is 5.90. The molecule has 1 unspecified atom stereocenters. The van der Waals surface area contributed by atoms with Crippen molar-refractivity contribution >= 4 is 11.8 Å². The Morgan fingerprint density at radius 3 is 2.32 bits per heavy atom. The molecule has 2 aliphatic rings. The predicted molar refractivity (Wildman–Crippen MR) is 73.4 cm³/mol. The lowest BCUT2D eigenvalue weighted by atomic mass is 9.68. The Labute approximate surface area is 114 Å². The van der Waals surface area contributed by atoms with E-state index in [1.165, 1.54) is 6.42 Å². The molecule has 0 bridgehead atoms. The molecule has 1 heterocycles. The highest BCUT2D eigenvalue weighted by Crippen LogP contribution is 2.40. The molecule has 1 aliphatic carbocycles. The number of hydrogen-bond donors (Lipinski definition) is 2. The van der Waals surface area contributed by atoms with Gasteiger partial charge < -0.3 is 16.0 Å². The number of hydrogen-bond acceptors (Lipinski definition) is 3. The molecule has 5 heteroatoms. The van der Waals surface area contributed by atoms with E-state index < -0.39 is 11.5 Å². The monoisotopic (exact) mass is 267 g/mol. The van der Waals surface area contributed by atoms with Gasteiger partial charge in [-0.2, -0.15) is 0 Å². The highest BCUT2D eigenvalue weighted by Gasteiger charge is 2.43. The summed E-state index contributed by atoms with van der Waals surface area (Å²) in [7, 11) is 0. The lowest BCUT2D eigenvalue weighted by Gasteiger charge is -2.40. The maximum absolute atomic E-state index is 12.2. The van der Waals surface area contributed by atoms with Crippen molar-refractivity contribution in [1.82, 2.24) is 10.2 Å². The summed E-state index contributed by atoms with van der Waals surface area (Å²) in [5.41, 5.74) is 5.30. The van der Waals surface area contributed by atoms with Gasteiger partial charge >= 0.3 is 0 Å². The maximum Gasteiger partial charge on any atom is 0.244 e. The van der Waals surface area contributed by atoms with Crippen LogP contribution in [0.1, 0.15) is 45.4 Å². The van der Waals surface area contributed by atoms with Gasteiger partial charge in [-0.25, -0.2) is 0 Å². The summed E-state index contributed by atoms with van der Waals surface area (Å²) in [4.78, 5) is 26.3. The Bertz CT molecular complexity index is 341. The van der Waals surface area contributed by atoms with E-state index in [0.29, 0.717) is 6.54 Å². The molecule has 1 aliphatic heterocycles. The molecule has 1 saturated heterocycles. The van der Waals surface area contributed by atoms with Crippen LogP contribution in [0.4, 0.5) is 0 Å². The first kappa shape index (κ1) is 14.3. The molecule has 0 aromatic carbocycles. The minimum atomic E-state index is -0.436. The third-order valence-electron chi connectivity index (χ3n) is 4.57. The lowest BCUT2D eigenvalue weighted by Crippen LogP contribution is -2.56. The van der Waals surface area contributed by atoms with Crippen molar-refractivity contribution < 1.29 is 9.59 Å². The summed E-state index contributed by atoms with van der Waals surface area (Å²) in [6.45, 7) is 3.79. The molecule has 0 aromatic rings. The van der Waals surface area contributed by atoms with E-state index in [2.05, 4.69) is 5.32 Å². The molecule has 1 atom stereocenters. The third kappa shape index (κ3) is 2.91.